The van der Waals surface area contributed by atoms with Gasteiger partial charge in [-0.15, -0.1) is 16.9 Å². The minimum Gasteiger partial charge on any atom is -0.394 e. The number of halogens is 2. The van der Waals surface area contributed by atoms with Crippen molar-refractivity contribution in [3.63, 3.8) is 0 Å². The van der Waals surface area contributed by atoms with Crippen LogP contribution in [-0.2, 0) is 9.47 Å². The first-order valence-corrected chi connectivity index (χ1v) is 15.3. The van der Waals surface area contributed by atoms with Gasteiger partial charge in [-0.25, -0.2) is 19.0 Å². The van der Waals surface area contributed by atoms with Gasteiger partial charge in [-0.05, 0) is 24.3 Å². The molecule has 0 amide bonds. The maximum atomic E-state index is 13.8. The molecule has 46 heavy (non-hydrogen) atoms. The van der Waals surface area contributed by atoms with Gasteiger partial charge in [0.15, 0.2) is 0 Å². The molecule has 0 radical (unpaired) electrons. The van der Waals surface area contributed by atoms with Gasteiger partial charge in [0.25, 0.3) is 0 Å². The zero-order valence-electron chi connectivity index (χ0n) is 24.1. The summed E-state index contributed by atoms with van der Waals surface area (Å²) in [6, 6.07) is 8.78. The van der Waals surface area contributed by atoms with E-state index in [1.807, 2.05) is 0 Å². The molecule has 2 fully saturated rings. The van der Waals surface area contributed by atoms with E-state index in [2.05, 4.69) is 20.7 Å². The summed E-state index contributed by atoms with van der Waals surface area (Å²) >= 11 is 0.993. The van der Waals surface area contributed by atoms with Gasteiger partial charge in [0, 0.05) is 23.1 Å². The van der Waals surface area contributed by atoms with E-state index in [-0.39, 0.29) is 22.7 Å². The van der Waals surface area contributed by atoms with Crippen LogP contribution in [0.3, 0.4) is 0 Å². The SMILES string of the molecule is N=N/C(=C\NC1C(O)[C@H](SCC2O[C@H](CO)C(O)C(n3cc(-c4cccc(F)c4)nn3)[C@H]2O)OC(CO)[C@@H]1O)c1cccc(F)c1. The smallest absolute Gasteiger partial charge is 0.131 e. The topological polar surface area (TPSA) is 219 Å². The Morgan fingerprint density at radius 1 is 0.935 bits per heavy atom. The number of rotatable bonds is 11. The van der Waals surface area contributed by atoms with Crippen LogP contribution in [0.15, 0.2) is 66.0 Å². The Bertz CT molecular complexity index is 1520. The second-order valence-electron chi connectivity index (χ2n) is 10.8. The fraction of sp³-hybridized carbons (Fsp3) is 0.448. The number of hydrogen-bond acceptors (Lipinski definition) is 14. The predicted octanol–water partition coefficient (Wildman–Crippen LogP) is 0.406. The third-order valence-electron chi connectivity index (χ3n) is 7.89. The summed E-state index contributed by atoms with van der Waals surface area (Å²) in [5.41, 5.74) is 7.41. The first kappa shape index (κ1) is 34.0. The van der Waals surface area contributed by atoms with Gasteiger partial charge in [0.2, 0.25) is 0 Å². The van der Waals surface area contributed by atoms with E-state index in [1.165, 1.54) is 59.5 Å². The summed E-state index contributed by atoms with van der Waals surface area (Å²) in [7, 11) is 0. The number of aromatic nitrogens is 3. The molecule has 0 bridgehead atoms. The highest BCUT2D eigenvalue weighted by molar-refractivity contribution is 7.99. The first-order valence-electron chi connectivity index (χ1n) is 14.3. The van der Waals surface area contributed by atoms with Crippen LogP contribution in [0.2, 0.25) is 0 Å². The number of nitrogens with zero attached hydrogens (tertiary/aromatic N) is 4. The van der Waals surface area contributed by atoms with Crippen LogP contribution < -0.4 is 5.32 Å². The molecule has 6 unspecified atom stereocenters. The molecule has 10 atom stereocenters. The van der Waals surface area contributed by atoms with Crippen molar-refractivity contribution in [3.8, 4) is 11.3 Å². The molecule has 2 aromatic carbocycles. The Hall–Kier alpha value is -3.39. The number of aliphatic hydroxyl groups is 6. The van der Waals surface area contributed by atoms with Crippen molar-refractivity contribution in [2.75, 3.05) is 19.0 Å². The third-order valence-corrected chi connectivity index (χ3v) is 9.13. The Balaban J connectivity index is 1.31. The molecule has 17 heteroatoms. The lowest BCUT2D eigenvalue weighted by Crippen LogP contribution is -2.62. The molecule has 2 aliphatic heterocycles. The summed E-state index contributed by atoms with van der Waals surface area (Å²) in [5.74, 6) is -1.07. The molecule has 248 valence electrons. The molecular formula is C29H34F2N6O8S. The van der Waals surface area contributed by atoms with Gasteiger partial charge in [-0.2, -0.15) is 5.11 Å². The van der Waals surface area contributed by atoms with Gasteiger partial charge in [-0.3, -0.25) is 0 Å². The Kier molecular flexibility index (Phi) is 11.1. The van der Waals surface area contributed by atoms with Crippen molar-refractivity contribution in [3.05, 3.63) is 78.1 Å². The van der Waals surface area contributed by atoms with Crippen LogP contribution in [0.4, 0.5) is 8.78 Å². The van der Waals surface area contributed by atoms with Crippen molar-refractivity contribution in [1.82, 2.24) is 20.3 Å². The third kappa shape index (κ3) is 7.27. The Morgan fingerprint density at radius 2 is 1.61 bits per heavy atom. The maximum absolute atomic E-state index is 13.8. The first-order chi connectivity index (χ1) is 22.1. The van der Waals surface area contributed by atoms with Crippen LogP contribution in [0, 0.1) is 17.2 Å². The lowest BCUT2D eigenvalue weighted by Gasteiger charge is -2.44. The lowest BCUT2D eigenvalue weighted by molar-refractivity contribution is -0.198. The van der Waals surface area contributed by atoms with Crippen molar-refractivity contribution < 1.29 is 48.9 Å². The number of hydrogen-bond donors (Lipinski definition) is 8. The molecule has 3 heterocycles. The standard InChI is InChI=1S/C29H34F2N6O8S/c30-16-5-1-3-14(7-16)18(34-32)9-33-23-25(40)20(11-38)45-29(28(23)43)46-13-22-27(42)24(26(41)21(12-39)44-22)37-10-19(35-36-37)15-4-2-6-17(31)8-15/h1-10,20-29,32-33,38-43H,11-13H2/b18-9-,34-32?/t20?,21-,22?,23?,24?,25+,26?,27+,28?,29+/m1/s1. The molecule has 2 aliphatic rings. The van der Waals surface area contributed by atoms with Gasteiger partial charge in [0.1, 0.15) is 71.1 Å². The molecule has 8 N–H and O–H groups in total. The monoisotopic (exact) mass is 664 g/mol. The molecular weight excluding hydrogens is 630 g/mol. The number of nitrogens with one attached hydrogen (secondary N) is 2. The van der Waals surface area contributed by atoms with Gasteiger partial charge in [-0.1, -0.05) is 29.5 Å². The lowest BCUT2D eigenvalue weighted by atomic mass is 9.93. The maximum Gasteiger partial charge on any atom is 0.131 e. The molecule has 0 aliphatic carbocycles. The quantitative estimate of drug-likeness (QED) is 0.131. The van der Waals surface area contributed by atoms with Gasteiger partial charge >= 0.3 is 0 Å². The Labute approximate surface area is 265 Å². The summed E-state index contributed by atoms with van der Waals surface area (Å²) < 4.78 is 40.2. The molecule has 2 saturated heterocycles. The van der Waals surface area contributed by atoms with E-state index >= 15 is 0 Å². The second kappa shape index (κ2) is 15.0. The number of benzene rings is 2. The molecule has 1 aromatic heterocycles. The minimum absolute atomic E-state index is 0.0159. The van der Waals surface area contributed by atoms with Gasteiger partial charge in [0.05, 0.1) is 31.6 Å². The predicted molar refractivity (Wildman–Crippen MR) is 159 cm³/mol. The normalized spacial score (nSPS) is 31.9. The van der Waals surface area contributed by atoms with Crippen LogP contribution in [0.5, 0.6) is 0 Å². The molecule has 5 rings (SSSR count). The van der Waals surface area contributed by atoms with Crippen LogP contribution in [-0.4, -0.2) is 119 Å². The highest BCUT2D eigenvalue weighted by atomic mass is 32.2. The van der Waals surface area contributed by atoms with Crippen molar-refractivity contribution >= 4 is 17.5 Å². The summed E-state index contributed by atoms with van der Waals surface area (Å²) in [6.45, 7) is -1.19. The van der Waals surface area contributed by atoms with E-state index in [0.29, 0.717) is 5.56 Å². The summed E-state index contributed by atoms with van der Waals surface area (Å²) in [4.78, 5) is 0. The van der Waals surface area contributed by atoms with E-state index in [4.69, 9.17) is 15.0 Å². The second-order valence-corrected chi connectivity index (χ2v) is 12.0. The van der Waals surface area contributed by atoms with E-state index in [9.17, 15) is 39.4 Å². The molecule has 14 nitrogen and oxygen atoms in total. The number of ether oxygens (including phenoxy) is 2. The van der Waals surface area contributed by atoms with Crippen molar-refractivity contribution in [2.24, 2.45) is 5.11 Å². The zero-order valence-corrected chi connectivity index (χ0v) is 24.9. The number of thioether (sulfide) groups is 1. The fourth-order valence-electron chi connectivity index (χ4n) is 5.45. The molecule has 0 spiro atoms. The average Bonchev–Trinajstić information content (AvgIpc) is 3.53. The van der Waals surface area contributed by atoms with Crippen LogP contribution in [0.25, 0.3) is 17.0 Å². The van der Waals surface area contributed by atoms with E-state index < -0.39 is 85.1 Å². The highest BCUT2D eigenvalue weighted by Crippen LogP contribution is 2.35. The largest absolute Gasteiger partial charge is 0.394 e. The minimum atomic E-state index is -1.40. The summed E-state index contributed by atoms with van der Waals surface area (Å²) in [5, 5.41) is 78.2. The number of aliphatic hydroxyl groups excluding tert-OH is 6. The van der Waals surface area contributed by atoms with Crippen molar-refractivity contribution in [1.29, 1.82) is 5.53 Å². The fourth-order valence-corrected chi connectivity index (χ4v) is 6.69. The highest BCUT2D eigenvalue weighted by Gasteiger charge is 2.48. The zero-order chi connectivity index (χ0) is 33.0. The van der Waals surface area contributed by atoms with Crippen LogP contribution in [0.1, 0.15) is 11.6 Å². The van der Waals surface area contributed by atoms with E-state index in [1.54, 1.807) is 6.07 Å². The molecule has 3 aromatic rings. The van der Waals surface area contributed by atoms with Crippen molar-refractivity contribution in [2.45, 2.75) is 60.2 Å². The Morgan fingerprint density at radius 3 is 2.28 bits per heavy atom. The van der Waals surface area contributed by atoms with E-state index in [0.717, 1.165) is 11.8 Å². The average molecular weight is 665 g/mol. The van der Waals surface area contributed by atoms with Gasteiger partial charge < -0.3 is 45.4 Å². The van der Waals surface area contributed by atoms with Crippen LogP contribution >= 0.6 is 11.8 Å². The molecule has 0 saturated carbocycles. The summed E-state index contributed by atoms with van der Waals surface area (Å²) in [6.07, 6.45) is -6.21.